The molecule has 0 spiro atoms. The molecular weight excluding hydrogens is 389 g/mol. The van der Waals surface area contributed by atoms with Gasteiger partial charge in [0.05, 0.1) is 33.5 Å². The summed E-state index contributed by atoms with van der Waals surface area (Å²) in [5.41, 5.74) is 2.89. The van der Waals surface area contributed by atoms with Crippen LogP contribution in [0.15, 0.2) is 42.5 Å². The zero-order valence-electron chi connectivity index (χ0n) is 14.3. The van der Waals surface area contributed by atoms with E-state index in [0.717, 1.165) is 11.3 Å². The molecule has 27 heavy (non-hydrogen) atoms. The number of carbonyl (C=O) groups excluding carboxylic acids is 1. The Morgan fingerprint density at radius 1 is 1.22 bits per heavy atom. The fourth-order valence-corrected chi connectivity index (χ4v) is 4.63. The topological polar surface area (TPSA) is 64.0 Å². The van der Waals surface area contributed by atoms with E-state index in [0.29, 0.717) is 28.6 Å². The number of amides is 1. The minimum absolute atomic E-state index is 0.0229. The van der Waals surface area contributed by atoms with E-state index in [4.69, 9.17) is 11.6 Å². The molecular formula is C19H15ClFN3O2S. The third kappa shape index (κ3) is 3.17. The van der Waals surface area contributed by atoms with Crippen LogP contribution in [-0.4, -0.2) is 19.9 Å². The molecule has 0 fully saturated rings. The molecule has 1 amide bonds. The highest BCUT2D eigenvalue weighted by Crippen LogP contribution is 2.33. The van der Waals surface area contributed by atoms with Crippen molar-refractivity contribution < 1.29 is 13.4 Å². The first-order chi connectivity index (χ1) is 13.0. The lowest BCUT2D eigenvalue weighted by Gasteiger charge is -2.13. The molecule has 2 heterocycles. The number of nitrogens with zero attached hydrogens (tertiary/aromatic N) is 2. The largest absolute Gasteiger partial charge is 0.306 e. The number of carbonyl (C=O) groups is 1. The number of anilines is 1. The molecule has 1 aliphatic rings. The molecule has 1 atom stereocenters. The quantitative estimate of drug-likeness (QED) is 0.719. The van der Waals surface area contributed by atoms with E-state index in [1.165, 1.54) is 18.2 Å². The first kappa shape index (κ1) is 17.9. The Hall–Kier alpha value is -2.51. The van der Waals surface area contributed by atoms with Crippen molar-refractivity contribution in [2.75, 3.05) is 5.32 Å². The summed E-state index contributed by atoms with van der Waals surface area (Å²) in [5, 5.41) is 7.31. The zero-order valence-corrected chi connectivity index (χ0v) is 15.9. The molecule has 4 rings (SSSR count). The summed E-state index contributed by atoms with van der Waals surface area (Å²) in [6.45, 7) is 1.93. The summed E-state index contributed by atoms with van der Waals surface area (Å²) in [5.74, 6) is -0.357. The van der Waals surface area contributed by atoms with Gasteiger partial charge in [0.1, 0.15) is 11.6 Å². The number of benzene rings is 2. The molecule has 138 valence electrons. The average Bonchev–Trinajstić information content (AvgIpc) is 3.12. The lowest BCUT2D eigenvalue weighted by atomic mass is 10.2. The van der Waals surface area contributed by atoms with E-state index in [1.54, 1.807) is 4.68 Å². The van der Waals surface area contributed by atoms with Gasteiger partial charge in [-0.15, -0.1) is 0 Å². The number of para-hydroxylation sites is 1. The first-order valence-corrected chi connectivity index (χ1v) is 10.1. The molecule has 0 aliphatic carbocycles. The highest BCUT2D eigenvalue weighted by molar-refractivity contribution is 7.83. The SMILES string of the molecule is Cc1ccccc1-n1nc2c(c1NC(=O)c1c(F)cccc1Cl)C[S@@](=O)C2. The van der Waals surface area contributed by atoms with E-state index in [9.17, 15) is 13.4 Å². The van der Waals surface area contributed by atoms with Crippen molar-refractivity contribution in [2.24, 2.45) is 0 Å². The van der Waals surface area contributed by atoms with Crippen molar-refractivity contribution in [1.82, 2.24) is 9.78 Å². The second-order valence-electron chi connectivity index (χ2n) is 6.25. The molecule has 0 bridgehead atoms. The molecule has 0 radical (unpaired) electrons. The second kappa shape index (κ2) is 6.90. The third-order valence-electron chi connectivity index (χ3n) is 4.44. The number of hydrogen-bond acceptors (Lipinski definition) is 3. The van der Waals surface area contributed by atoms with Crippen molar-refractivity contribution in [1.29, 1.82) is 0 Å². The van der Waals surface area contributed by atoms with Gasteiger partial charge in [-0.05, 0) is 30.7 Å². The van der Waals surface area contributed by atoms with Crippen LogP contribution in [0.25, 0.3) is 5.69 Å². The van der Waals surface area contributed by atoms with E-state index in [2.05, 4.69) is 10.4 Å². The van der Waals surface area contributed by atoms with Crippen LogP contribution in [-0.2, 0) is 22.3 Å². The molecule has 2 aromatic carbocycles. The molecule has 1 N–H and O–H groups in total. The van der Waals surface area contributed by atoms with Crippen molar-refractivity contribution >= 4 is 34.1 Å². The van der Waals surface area contributed by atoms with Crippen molar-refractivity contribution in [2.45, 2.75) is 18.4 Å². The van der Waals surface area contributed by atoms with E-state index < -0.39 is 22.5 Å². The Kier molecular flexibility index (Phi) is 4.57. The lowest BCUT2D eigenvalue weighted by molar-refractivity contribution is 0.102. The van der Waals surface area contributed by atoms with E-state index in [-0.39, 0.29) is 10.6 Å². The van der Waals surface area contributed by atoms with Crippen LogP contribution in [0, 0.1) is 12.7 Å². The second-order valence-corrected chi connectivity index (χ2v) is 8.12. The summed E-state index contributed by atoms with van der Waals surface area (Å²) in [7, 11) is -1.06. The molecule has 1 aliphatic heterocycles. The van der Waals surface area contributed by atoms with Crippen LogP contribution in [0.2, 0.25) is 5.02 Å². The van der Waals surface area contributed by atoms with Crippen LogP contribution >= 0.6 is 11.6 Å². The maximum absolute atomic E-state index is 14.1. The van der Waals surface area contributed by atoms with Crippen molar-refractivity contribution in [3.63, 3.8) is 0 Å². The summed E-state index contributed by atoms with van der Waals surface area (Å²) >= 11 is 6.02. The summed E-state index contributed by atoms with van der Waals surface area (Å²) < 4.78 is 27.7. The molecule has 0 unspecified atom stereocenters. The predicted molar refractivity (Wildman–Crippen MR) is 103 cm³/mol. The summed E-state index contributed by atoms with van der Waals surface area (Å²) in [4.78, 5) is 12.8. The number of hydrogen-bond donors (Lipinski definition) is 1. The minimum atomic E-state index is -1.06. The van der Waals surface area contributed by atoms with Gasteiger partial charge in [0.15, 0.2) is 0 Å². The number of halogens is 2. The number of rotatable bonds is 3. The van der Waals surface area contributed by atoms with Crippen molar-refractivity contribution in [3.8, 4) is 5.69 Å². The molecule has 0 saturated heterocycles. The van der Waals surface area contributed by atoms with Gasteiger partial charge in [-0.1, -0.05) is 35.9 Å². The van der Waals surface area contributed by atoms with Gasteiger partial charge in [-0.25, -0.2) is 9.07 Å². The van der Waals surface area contributed by atoms with Gasteiger partial charge in [-0.3, -0.25) is 9.00 Å². The van der Waals surface area contributed by atoms with Gasteiger partial charge < -0.3 is 5.32 Å². The Morgan fingerprint density at radius 2 is 2.00 bits per heavy atom. The van der Waals surface area contributed by atoms with Gasteiger partial charge in [0.2, 0.25) is 0 Å². The fraction of sp³-hybridized carbons (Fsp3) is 0.158. The monoisotopic (exact) mass is 403 g/mol. The van der Waals surface area contributed by atoms with Gasteiger partial charge in [0, 0.05) is 16.4 Å². The van der Waals surface area contributed by atoms with Crippen LogP contribution in [0.4, 0.5) is 10.2 Å². The zero-order chi connectivity index (χ0) is 19.1. The minimum Gasteiger partial charge on any atom is -0.306 e. The summed E-state index contributed by atoms with van der Waals surface area (Å²) in [6, 6.07) is 11.7. The normalized spacial score (nSPS) is 15.6. The Morgan fingerprint density at radius 3 is 2.74 bits per heavy atom. The Balaban J connectivity index is 1.82. The molecule has 1 aromatic heterocycles. The maximum Gasteiger partial charge on any atom is 0.261 e. The molecule has 3 aromatic rings. The average molecular weight is 404 g/mol. The maximum atomic E-state index is 14.1. The van der Waals surface area contributed by atoms with Crippen LogP contribution in [0.1, 0.15) is 27.2 Å². The number of fused-ring (bicyclic) bond motifs is 1. The highest BCUT2D eigenvalue weighted by atomic mass is 35.5. The predicted octanol–water partition coefficient (Wildman–Crippen LogP) is 3.99. The number of aryl methyl sites for hydroxylation is 1. The van der Waals surface area contributed by atoms with E-state index >= 15 is 0 Å². The molecule has 0 saturated carbocycles. The number of nitrogens with one attached hydrogen (secondary N) is 1. The van der Waals surface area contributed by atoms with Crippen LogP contribution in [0.3, 0.4) is 0 Å². The summed E-state index contributed by atoms with van der Waals surface area (Å²) in [6.07, 6.45) is 0. The van der Waals surface area contributed by atoms with Crippen molar-refractivity contribution in [3.05, 3.63) is 75.7 Å². The van der Waals surface area contributed by atoms with Gasteiger partial charge in [-0.2, -0.15) is 5.10 Å². The standard InChI is InChI=1S/C19H15ClFN3O2S/c1-11-5-2-3-8-16(11)24-18(12-9-27(26)10-15(12)23-24)22-19(25)17-13(20)6-4-7-14(17)21/h2-8H,9-10H2,1H3,(H,22,25)/t27-/m1/s1. The van der Waals surface area contributed by atoms with Crippen LogP contribution < -0.4 is 5.32 Å². The molecule has 5 nitrogen and oxygen atoms in total. The van der Waals surface area contributed by atoms with E-state index in [1.807, 2.05) is 31.2 Å². The molecule has 8 heteroatoms. The van der Waals surface area contributed by atoms with Crippen LogP contribution in [0.5, 0.6) is 0 Å². The Labute approximate surface area is 162 Å². The Bertz CT molecular complexity index is 1080. The third-order valence-corrected chi connectivity index (χ3v) is 5.96. The van der Waals surface area contributed by atoms with Gasteiger partial charge >= 0.3 is 0 Å². The smallest absolute Gasteiger partial charge is 0.261 e. The van der Waals surface area contributed by atoms with Gasteiger partial charge in [0.25, 0.3) is 5.91 Å². The number of aromatic nitrogens is 2. The fourth-order valence-electron chi connectivity index (χ4n) is 3.12. The highest BCUT2D eigenvalue weighted by Gasteiger charge is 2.29. The first-order valence-electron chi connectivity index (χ1n) is 8.23. The lowest BCUT2D eigenvalue weighted by Crippen LogP contribution is -2.18.